The number of carboxylic acid groups (broad SMARTS) is 1. The summed E-state index contributed by atoms with van der Waals surface area (Å²) in [6.07, 6.45) is 0. The summed E-state index contributed by atoms with van der Waals surface area (Å²) in [5.41, 5.74) is 2.04. The van der Waals surface area contributed by atoms with E-state index in [1.165, 1.54) is 0 Å². The fourth-order valence-electron chi connectivity index (χ4n) is 1.98. The van der Waals surface area contributed by atoms with Crippen molar-refractivity contribution < 1.29 is 14.6 Å². The van der Waals surface area contributed by atoms with E-state index in [4.69, 9.17) is 16.3 Å². The van der Waals surface area contributed by atoms with E-state index in [1.807, 2.05) is 6.92 Å². The zero-order chi connectivity index (χ0) is 14.9. The molecule has 4 nitrogen and oxygen atoms in total. The lowest BCUT2D eigenvalue weighted by atomic mass is 10.1. The van der Waals surface area contributed by atoms with Crippen molar-refractivity contribution in [3.8, 4) is 11.5 Å². The summed E-state index contributed by atoms with van der Waals surface area (Å²) < 4.78 is 5.74. The molecule has 0 aliphatic rings. The number of rotatable bonds is 3. The van der Waals surface area contributed by atoms with Crippen molar-refractivity contribution in [1.82, 2.24) is 4.98 Å². The highest BCUT2D eigenvalue weighted by Gasteiger charge is 2.17. The standard InChI is InChI=1S/C15H14ClNO3/c1-8-6-11(16)4-5-12(8)20-13-7-9(2)17-10(3)14(13)15(18)19/h4-7H,1-3H3,(H,18,19). The molecule has 0 atom stereocenters. The molecule has 0 unspecified atom stereocenters. The molecular weight excluding hydrogens is 278 g/mol. The van der Waals surface area contributed by atoms with E-state index < -0.39 is 5.97 Å². The van der Waals surface area contributed by atoms with E-state index in [0.717, 1.165) is 5.56 Å². The average molecular weight is 292 g/mol. The van der Waals surface area contributed by atoms with Gasteiger partial charge >= 0.3 is 5.97 Å². The highest BCUT2D eigenvalue weighted by atomic mass is 35.5. The molecule has 1 N–H and O–H groups in total. The molecule has 2 rings (SSSR count). The van der Waals surface area contributed by atoms with Crippen molar-refractivity contribution >= 4 is 17.6 Å². The molecule has 1 heterocycles. The number of halogens is 1. The van der Waals surface area contributed by atoms with Gasteiger partial charge in [-0.05, 0) is 44.5 Å². The largest absolute Gasteiger partial charge is 0.477 e. The van der Waals surface area contributed by atoms with Gasteiger partial charge in [-0.2, -0.15) is 0 Å². The van der Waals surface area contributed by atoms with Crippen LogP contribution in [0.15, 0.2) is 24.3 Å². The Balaban J connectivity index is 2.50. The van der Waals surface area contributed by atoms with Gasteiger partial charge in [0.1, 0.15) is 17.1 Å². The van der Waals surface area contributed by atoms with E-state index in [0.29, 0.717) is 22.2 Å². The normalized spacial score (nSPS) is 10.4. The topological polar surface area (TPSA) is 59.4 Å². The SMILES string of the molecule is Cc1cc(Oc2ccc(Cl)cc2C)c(C(=O)O)c(C)n1. The zero-order valence-corrected chi connectivity index (χ0v) is 12.2. The van der Waals surface area contributed by atoms with Crippen LogP contribution in [0.4, 0.5) is 0 Å². The monoisotopic (exact) mass is 291 g/mol. The van der Waals surface area contributed by atoms with Gasteiger partial charge in [-0.3, -0.25) is 4.98 Å². The van der Waals surface area contributed by atoms with Crippen molar-refractivity contribution in [3.63, 3.8) is 0 Å². The molecule has 0 aliphatic carbocycles. The molecule has 0 amide bonds. The number of carbonyl (C=O) groups is 1. The maximum atomic E-state index is 11.3. The predicted molar refractivity (Wildman–Crippen MR) is 76.9 cm³/mol. The number of carboxylic acids is 1. The predicted octanol–water partition coefficient (Wildman–Crippen LogP) is 4.15. The number of pyridine rings is 1. The number of nitrogens with zero attached hydrogens (tertiary/aromatic N) is 1. The van der Waals surface area contributed by atoms with Crippen LogP contribution in [0.5, 0.6) is 11.5 Å². The maximum Gasteiger partial charge on any atom is 0.341 e. The first-order valence-electron chi connectivity index (χ1n) is 6.04. The fourth-order valence-corrected chi connectivity index (χ4v) is 2.21. The molecule has 0 spiro atoms. The summed E-state index contributed by atoms with van der Waals surface area (Å²) in [5, 5.41) is 9.89. The Bertz CT molecular complexity index is 683. The first-order valence-corrected chi connectivity index (χ1v) is 6.42. The second-order valence-electron chi connectivity index (χ2n) is 4.54. The summed E-state index contributed by atoms with van der Waals surface area (Å²) in [6, 6.07) is 6.79. The molecule has 0 bridgehead atoms. The van der Waals surface area contributed by atoms with E-state index in [9.17, 15) is 9.90 Å². The van der Waals surface area contributed by atoms with Gasteiger partial charge in [0.2, 0.25) is 0 Å². The second kappa shape index (κ2) is 5.51. The number of aryl methyl sites for hydroxylation is 3. The van der Waals surface area contributed by atoms with Gasteiger partial charge in [-0.25, -0.2) is 4.79 Å². The second-order valence-corrected chi connectivity index (χ2v) is 4.98. The van der Waals surface area contributed by atoms with Crippen LogP contribution in [0.2, 0.25) is 5.02 Å². The van der Waals surface area contributed by atoms with Gasteiger partial charge in [-0.1, -0.05) is 11.6 Å². The van der Waals surface area contributed by atoms with Crippen molar-refractivity contribution in [2.45, 2.75) is 20.8 Å². The first kappa shape index (κ1) is 14.3. The summed E-state index contributed by atoms with van der Waals surface area (Å²) >= 11 is 5.89. The Morgan fingerprint density at radius 2 is 1.90 bits per heavy atom. The number of aromatic carboxylic acids is 1. The summed E-state index contributed by atoms with van der Waals surface area (Å²) in [5.74, 6) is -0.202. The Morgan fingerprint density at radius 3 is 2.50 bits per heavy atom. The number of aromatic nitrogens is 1. The number of hydrogen-bond acceptors (Lipinski definition) is 3. The molecule has 0 saturated heterocycles. The van der Waals surface area contributed by atoms with Crippen molar-refractivity contribution in [2.75, 3.05) is 0 Å². The van der Waals surface area contributed by atoms with Gasteiger partial charge in [-0.15, -0.1) is 0 Å². The molecular formula is C15H14ClNO3. The number of hydrogen-bond donors (Lipinski definition) is 1. The lowest BCUT2D eigenvalue weighted by Crippen LogP contribution is -2.06. The van der Waals surface area contributed by atoms with E-state index in [-0.39, 0.29) is 11.3 Å². The third kappa shape index (κ3) is 2.91. The van der Waals surface area contributed by atoms with Crippen LogP contribution in [0.25, 0.3) is 0 Å². The van der Waals surface area contributed by atoms with Crippen molar-refractivity contribution in [1.29, 1.82) is 0 Å². The molecule has 0 saturated carbocycles. The fraction of sp³-hybridized carbons (Fsp3) is 0.200. The Hall–Kier alpha value is -2.07. The molecule has 0 fully saturated rings. The van der Waals surface area contributed by atoms with Crippen LogP contribution in [-0.4, -0.2) is 16.1 Å². The van der Waals surface area contributed by atoms with E-state index in [1.54, 1.807) is 38.1 Å². The van der Waals surface area contributed by atoms with Crippen molar-refractivity contribution in [2.24, 2.45) is 0 Å². The smallest absolute Gasteiger partial charge is 0.341 e. The third-order valence-corrected chi connectivity index (χ3v) is 3.10. The van der Waals surface area contributed by atoms with E-state index in [2.05, 4.69) is 4.98 Å². The van der Waals surface area contributed by atoms with Crippen LogP contribution >= 0.6 is 11.6 Å². The van der Waals surface area contributed by atoms with Crippen LogP contribution in [0, 0.1) is 20.8 Å². The minimum atomic E-state index is -1.06. The molecule has 1 aromatic heterocycles. The quantitative estimate of drug-likeness (QED) is 0.923. The summed E-state index contributed by atoms with van der Waals surface area (Å²) in [7, 11) is 0. The van der Waals surface area contributed by atoms with Crippen LogP contribution in [-0.2, 0) is 0 Å². The molecule has 0 radical (unpaired) electrons. The number of ether oxygens (including phenoxy) is 1. The lowest BCUT2D eigenvalue weighted by Gasteiger charge is -2.13. The Morgan fingerprint density at radius 1 is 1.20 bits per heavy atom. The molecule has 5 heteroatoms. The third-order valence-electron chi connectivity index (χ3n) is 2.86. The van der Waals surface area contributed by atoms with Crippen LogP contribution in [0.3, 0.4) is 0 Å². The maximum absolute atomic E-state index is 11.3. The van der Waals surface area contributed by atoms with Crippen LogP contribution < -0.4 is 4.74 Å². The zero-order valence-electron chi connectivity index (χ0n) is 11.4. The molecule has 104 valence electrons. The van der Waals surface area contributed by atoms with Crippen molar-refractivity contribution in [3.05, 3.63) is 51.8 Å². The summed E-state index contributed by atoms with van der Waals surface area (Å²) in [6.45, 7) is 5.29. The molecule has 0 aliphatic heterocycles. The van der Waals surface area contributed by atoms with E-state index >= 15 is 0 Å². The molecule has 20 heavy (non-hydrogen) atoms. The summed E-state index contributed by atoms with van der Waals surface area (Å²) in [4.78, 5) is 15.5. The van der Waals surface area contributed by atoms with Gasteiger partial charge < -0.3 is 9.84 Å². The minimum absolute atomic E-state index is 0.0740. The Kier molecular flexibility index (Phi) is 3.95. The van der Waals surface area contributed by atoms with Gasteiger partial charge in [0.15, 0.2) is 0 Å². The van der Waals surface area contributed by atoms with Crippen LogP contribution in [0.1, 0.15) is 27.3 Å². The minimum Gasteiger partial charge on any atom is -0.477 e. The first-order chi connectivity index (χ1) is 9.38. The van der Waals surface area contributed by atoms with Gasteiger partial charge in [0.25, 0.3) is 0 Å². The Labute approximate surface area is 122 Å². The van der Waals surface area contributed by atoms with Gasteiger partial charge in [0, 0.05) is 16.8 Å². The van der Waals surface area contributed by atoms with Gasteiger partial charge in [0.05, 0.1) is 5.69 Å². The highest BCUT2D eigenvalue weighted by Crippen LogP contribution is 2.31. The lowest BCUT2D eigenvalue weighted by molar-refractivity contribution is 0.0692. The highest BCUT2D eigenvalue weighted by molar-refractivity contribution is 6.30. The molecule has 2 aromatic rings. The number of benzene rings is 1. The molecule has 1 aromatic carbocycles. The average Bonchev–Trinajstić information content (AvgIpc) is 2.31.